The molecule has 0 spiro atoms. The van der Waals surface area contributed by atoms with Gasteiger partial charge in [0.25, 0.3) is 0 Å². The summed E-state index contributed by atoms with van der Waals surface area (Å²) in [4.78, 5) is 13.6. The van der Waals surface area contributed by atoms with Crippen LogP contribution in [0.15, 0.2) is 12.1 Å². The SMILES string of the molecule is O=C(O)C(c1cc(Cl)c2c(c1)OCCO2)N1CCNCC1. The third-order valence-corrected chi connectivity index (χ3v) is 3.97. The largest absolute Gasteiger partial charge is 0.486 e. The van der Waals surface area contributed by atoms with Crippen molar-refractivity contribution < 1.29 is 19.4 Å². The predicted molar refractivity (Wildman–Crippen MR) is 77.3 cm³/mol. The van der Waals surface area contributed by atoms with Crippen molar-refractivity contribution in [1.82, 2.24) is 10.2 Å². The Morgan fingerprint density at radius 1 is 1.29 bits per heavy atom. The first-order valence-corrected chi connectivity index (χ1v) is 7.31. The predicted octanol–water partition coefficient (Wildman–Crippen LogP) is 1.14. The van der Waals surface area contributed by atoms with Crippen LogP contribution in [0.2, 0.25) is 5.02 Å². The molecule has 1 aromatic carbocycles. The van der Waals surface area contributed by atoms with Gasteiger partial charge in [0.2, 0.25) is 0 Å². The average molecular weight is 313 g/mol. The van der Waals surface area contributed by atoms with E-state index in [0.29, 0.717) is 48.4 Å². The number of aliphatic carboxylic acids is 1. The van der Waals surface area contributed by atoms with Gasteiger partial charge in [-0.1, -0.05) is 11.6 Å². The second-order valence-electron chi connectivity index (χ2n) is 5.05. The molecule has 1 fully saturated rings. The Hall–Kier alpha value is -1.50. The van der Waals surface area contributed by atoms with E-state index >= 15 is 0 Å². The number of benzene rings is 1. The first kappa shape index (κ1) is 14.4. The number of carbonyl (C=O) groups is 1. The Labute approximate surface area is 127 Å². The topological polar surface area (TPSA) is 71.0 Å². The van der Waals surface area contributed by atoms with E-state index in [9.17, 15) is 9.90 Å². The molecule has 1 aromatic rings. The van der Waals surface area contributed by atoms with Crippen LogP contribution in [0.4, 0.5) is 0 Å². The lowest BCUT2D eigenvalue weighted by molar-refractivity contribution is -0.143. The van der Waals surface area contributed by atoms with Gasteiger partial charge in [0.05, 0.1) is 5.02 Å². The highest BCUT2D eigenvalue weighted by atomic mass is 35.5. The molecule has 7 heteroatoms. The number of hydrogen-bond acceptors (Lipinski definition) is 5. The molecule has 0 bridgehead atoms. The summed E-state index contributed by atoms with van der Waals surface area (Å²) in [5.41, 5.74) is 0.624. The zero-order chi connectivity index (χ0) is 14.8. The molecule has 2 N–H and O–H groups in total. The average Bonchev–Trinajstić information content (AvgIpc) is 2.48. The normalized spacial score (nSPS) is 20.0. The van der Waals surface area contributed by atoms with Crippen LogP contribution < -0.4 is 14.8 Å². The molecule has 0 saturated carbocycles. The van der Waals surface area contributed by atoms with Gasteiger partial charge in [0.1, 0.15) is 19.3 Å². The quantitative estimate of drug-likeness (QED) is 0.872. The van der Waals surface area contributed by atoms with Crippen LogP contribution in [0.1, 0.15) is 11.6 Å². The Morgan fingerprint density at radius 3 is 2.71 bits per heavy atom. The molecule has 1 saturated heterocycles. The smallest absolute Gasteiger partial charge is 0.325 e. The molecule has 0 amide bonds. The van der Waals surface area contributed by atoms with E-state index in [2.05, 4.69) is 5.32 Å². The summed E-state index contributed by atoms with van der Waals surface area (Å²) in [6.45, 7) is 3.82. The molecule has 2 aliphatic heterocycles. The molecule has 1 unspecified atom stereocenters. The van der Waals surface area contributed by atoms with Gasteiger partial charge in [-0.05, 0) is 17.7 Å². The molecule has 0 aromatic heterocycles. The van der Waals surface area contributed by atoms with Crippen LogP contribution in [0.3, 0.4) is 0 Å². The number of ether oxygens (including phenoxy) is 2. The third kappa shape index (κ3) is 2.92. The standard InChI is InChI=1S/C14H17ClN2O4/c15-10-7-9(8-11-13(10)21-6-5-20-11)12(14(18)19)17-3-1-16-2-4-17/h7-8,12,16H,1-6H2,(H,18,19). The lowest BCUT2D eigenvalue weighted by atomic mass is 10.0. The van der Waals surface area contributed by atoms with Gasteiger partial charge >= 0.3 is 5.97 Å². The van der Waals surface area contributed by atoms with Crippen molar-refractivity contribution in [2.75, 3.05) is 39.4 Å². The number of carboxylic acid groups (broad SMARTS) is 1. The van der Waals surface area contributed by atoms with E-state index in [0.717, 1.165) is 13.1 Å². The number of halogens is 1. The van der Waals surface area contributed by atoms with Crippen LogP contribution in [-0.2, 0) is 4.79 Å². The number of rotatable bonds is 3. The fourth-order valence-corrected chi connectivity index (χ4v) is 3.01. The lowest BCUT2D eigenvalue weighted by Crippen LogP contribution is -2.47. The van der Waals surface area contributed by atoms with Crippen LogP contribution in [0.5, 0.6) is 11.5 Å². The zero-order valence-electron chi connectivity index (χ0n) is 11.5. The first-order valence-electron chi connectivity index (χ1n) is 6.93. The number of carboxylic acids is 1. The summed E-state index contributed by atoms with van der Waals surface area (Å²) >= 11 is 6.21. The van der Waals surface area contributed by atoms with E-state index in [-0.39, 0.29) is 0 Å². The van der Waals surface area contributed by atoms with Crippen LogP contribution in [0, 0.1) is 0 Å². The van der Waals surface area contributed by atoms with Gasteiger partial charge in [-0.15, -0.1) is 0 Å². The number of piperazine rings is 1. The van der Waals surface area contributed by atoms with Crippen molar-refractivity contribution in [1.29, 1.82) is 0 Å². The molecular weight excluding hydrogens is 296 g/mol. The molecule has 2 aliphatic rings. The maximum atomic E-state index is 11.7. The summed E-state index contributed by atoms with van der Waals surface area (Å²) in [6.07, 6.45) is 0. The van der Waals surface area contributed by atoms with Gasteiger partial charge in [-0.3, -0.25) is 9.69 Å². The van der Waals surface area contributed by atoms with Gasteiger partial charge in [0, 0.05) is 26.2 Å². The highest BCUT2D eigenvalue weighted by Gasteiger charge is 2.30. The number of hydrogen-bond donors (Lipinski definition) is 2. The number of nitrogens with zero attached hydrogens (tertiary/aromatic N) is 1. The number of nitrogens with one attached hydrogen (secondary N) is 1. The molecule has 0 radical (unpaired) electrons. The molecule has 114 valence electrons. The molecular formula is C14H17ClN2O4. The maximum absolute atomic E-state index is 11.7. The highest BCUT2D eigenvalue weighted by molar-refractivity contribution is 6.32. The fraction of sp³-hybridized carbons (Fsp3) is 0.500. The van der Waals surface area contributed by atoms with E-state index in [1.807, 2.05) is 4.90 Å². The molecule has 3 rings (SSSR count). The van der Waals surface area contributed by atoms with Gasteiger partial charge in [0.15, 0.2) is 11.5 Å². The minimum Gasteiger partial charge on any atom is -0.486 e. The summed E-state index contributed by atoms with van der Waals surface area (Å²) in [5.74, 6) is 0.130. The van der Waals surface area contributed by atoms with Crippen LogP contribution in [0.25, 0.3) is 0 Å². The Bertz CT molecular complexity index is 546. The van der Waals surface area contributed by atoms with Crippen LogP contribution in [-0.4, -0.2) is 55.4 Å². The van der Waals surface area contributed by atoms with E-state index in [1.54, 1.807) is 12.1 Å². The molecule has 2 heterocycles. The molecule has 21 heavy (non-hydrogen) atoms. The second kappa shape index (κ2) is 6.09. The van der Waals surface area contributed by atoms with Gasteiger partial charge in [-0.2, -0.15) is 0 Å². The van der Waals surface area contributed by atoms with Crippen LogP contribution >= 0.6 is 11.6 Å². The van der Waals surface area contributed by atoms with Crippen molar-refractivity contribution >= 4 is 17.6 Å². The summed E-state index contributed by atoms with van der Waals surface area (Å²) in [7, 11) is 0. The van der Waals surface area contributed by atoms with Crippen molar-refractivity contribution in [3.63, 3.8) is 0 Å². The first-order chi connectivity index (χ1) is 10.2. The second-order valence-corrected chi connectivity index (χ2v) is 5.46. The number of fused-ring (bicyclic) bond motifs is 1. The van der Waals surface area contributed by atoms with Crippen molar-refractivity contribution in [2.45, 2.75) is 6.04 Å². The maximum Gasteiger partial charge on any atom is 0.325 e. The Balaban J connectivity index is 1.95. The minimum absolute atomic E-state index is 0.392. The van der Waals surface area contributed by atoms with Gasteiger partial charge in [-0.25, -0.2) is 0 Å². The fourth-order valence-electron chi connectivity index (χ4n) is 2.74. The highest BCUT2D eigenvalue weighted by Crippen LogP contribution is 2.40. The summed E-state index contributed by atoms with van der Waals surface area (Å²) < 4.78 is 11.0. The summed E-state index contributed by atoms with van der Waals surface area (Å²) in [6, 6.07) is 2.66. The molecule has 0 aliphatic carbocycles. The van der Waals surface area contributed by atoms with Crippen molar-refractivity contribution in [3.8, 4) is 11.5 Å². The van der Waals surface area contributed by atoms with Crippen molar-refractivity contribution in [3.05, 3.63) is 22.7 Å². The minimum atomic E-state index is -0.885. The monoisotopic (exact) mass is 312 g/mol. The summed E-state index contributed by atoms with van der Waals surface area (Å²) in [5, 5.41) is 13.2. The van der Waals surface area contributed by atoms with E-state index in [1.165, 1.54) is 0 Å². The Kier molecular flexibility index (Phi) is 4.19. The lowest BCUT2D eigenvalue weighted by Gasteiger charge is -2.33. The zero-order valence-corrected chi connectivity index (χ0v) is 12.2. The van der Waals surface area contributed by atoms with E-state index < -0.39 is 12.0 Å². The van der Waals surface area contributed by atoms with Crippen molar-refractivity contribution in [2.24, 2.45) is 0 Å². The Morgan fingerprint density at radius 2 is 2.00 bits per heavy atom. The third-order valence-electron chi connectivity index (χ3n) is 3.69. The molecule has 6 nitrogen and oxygen atoms in total. The van der Waals surface area contributed by atoms with Gasteiger partial charge < -0.3 is 19.9 Å². The molecule has 1 atom stereocenters. The van der Waals surface area contributed by atoms with E-state index in [4.69, 9.17) is 21.1 Å².